The monoisotopic (exact) mass is 358 g/mol. The summed E-state index contributed by atoms with van der Waals surface area (Å²) in [6, 6.07) is 10.5. The number of rotatable bonds is 7. The van der Waals surface area contributed by atoms with Crippen LogP contribution in [-0.2, 0) is 6.42 Å². The summed E-state index contributed by atoms with van der Waals surface area (Å²) < 4.78 is 0. The van der Waals surface area contributed by atoms with Crippen molar-refractivity contribution in [2.24, 2.45) is 5.92 Å². The molecular weight excluding hydrogens is 332 g/mol. The number of benzene rings is 1. The number of aryl methyl sites for hydroxylation is 1. The SMILES string of the molecule is Cc1ccc(CC(CO)CNc2cc(N3CCSCC3)ncn2)cc1. The Bertz CT molecular complexity index is 659. The fourth-order valence-corrected chi connectivity index (χ4v) is 3.82. The van der Waals surface area contributed by atoms with Gasteiger partial charge in [-0.1, -0.05) is 29.8 Å². The molecule has 3 rings (SSSR count). The van der Waals surface area contributed by atoms with Crippen LogP contribution in [0.4, 0.5) is 11.6 Å². The zero-order valence-corrected chi connectivity index (χ0v) is 15.5. The first-order chi connectivity index (χ1) is 12.2. The molecule has 0 aliphatic carbocycles. The summed E-state index contributed by atoms with van der Waals surface area (Å²) in [6.07, 6.45) is 2.47. The highest BCUT2D eigenvalue weighted by molar-refractivity contribution is 7.99. The van der Waals surface area contributed by atoms with Crippen LogP contribution in [0.5, 0.6) is 0 Å². The van der Waals surface area contributed by atoms with Crippen molar-refractivity contribution in [3.05, 3.63) is 47.8 Å². The topological polar surface area (TPSA) is 61.3 Å². The first-order valence-corrected chi connectivity index (χ1v) is 9.95. The molecule has 2 heterocycles. The van der Waals surface area contributed by atoms with E-state index in [0.717, 1.165) is 42.7 Å². The molecule has 1 aliphatic heterocycles. The first kappa shape index (κ1) is 18.0. The van der Waals surface area contributed by atoms with E-state index in [1.54, 1.807) is 6.33 Å². The Labute approximate surface area is 153 Å². The van der Waals surface area contributed by atoms with Crippen LogP contribution in [0, 0.1) is 12.8 Å². The van der Waals surface area contributed by atoms with Gasteiger partial charge in [0.15, 0.2) is 0 Å². The summed E-state index contributed by atoms with van der Waals surface area (Å²) >= 11 is 1.99. The van der Waals surface area contributed by atoms with Crippen LogP contribution in [-0.4, -0.2) is 52.8 Å². The van der Waals surface area contributed by atoms with Gasteiger partial charge in [-0.15, -0.1) is 0 Å². The van der Waals surface area contributed by atoms with E-state index in [1.165, 1.54) is 11.1 Å². The lowest BCUT2D eigenvalue weighted by Crippen LogP contribution is -2.33. The number of thioether (sulfide) groups is 1. The van der Waals surface area contributed by atoms with Gasteiger partial charge in [0.05, 0.1) is 0 Å². The second-order valence-corrected chi connectivity index (χ2v) is 7.70. The average molecular weight is 359 g/mol. The molecule has 1 unspecified atom stereocenters. The van der Waals surface area contributed by atoms with E-state index in [1.807, 2.05) is 17.8 Å². The Morgan fingerprint density at radius 2 is 1.96 bits per heavy atom. The fraction of sp³-hybridized carbons (Fsp3) is 0.474. The molecule has 0 saturated carbocycles. The maximum absolute atomic E-state index is 9.70. The Morgan fingerprint density at radius 1 is 1.20 bits per heavy atom. The molecule has 1 atom stereocenters. The van der Waals surface area contributed by atoms with Crippen LogP contribution in [0.25, 0.3) is 0 Å². The second-order valence-electron chi connectivity index (χ2n) is 6.48. The molecule has 2 aromatic rings. The van der Waals surface area contributed by atoms with Crippen molar-refractivity contribution >= 4 is 23.4 Å². The summed E-state index contributed by atoms with van der Waals surface area (Å²) in [4.78, 5) is 11.0. The molecule has 1 aromatic carbocycles. The second kappa shape index (κ2) is 9.06. The Hall–Kier alpha value is -1.79. The number of anilines is 2. The van der Waals surface area contributed by atoms with Gasteiger partial charge in [0.25, 0.3) is 0 Å². The molecule has 2 N–H and O–H groups in total. The molecule has 5 nitrogen and oxygen atoms in total. The molecule has 1 aromatic heterocycles. The van der Waals surface area contributed by atoms with Gasteiger partial charge in [0.1, 0.15) is 18.0 Å². The third-order valence-electron chi connectivity index (χ3n) is 4.46. The van der Waals surface area contributed by atoms with Crippen LogP contribution in [0.15, 0.2) is 36.7 Å². The van der Waals surface area contributed by atoms with Crippen molar-refractivity contribution in [3.8, 4) is 0 Å². The van der Waals surface area contributed by atoms with Crippen LogP contribution < -0.4 is 10.2 Å². The minimum absolute atomic E-state index is 0.155. The van der Waals surface area contributed by atoms with Gasteiger partial charge in [-0.05, 0) is 18.9 Å². The molecule has 134 valence electrons. The van der Waals surface area contributed by atoms with E-state index in [2.05, 4.69) is 51.4 Å². The fourth-order valence-electron chi connectivity index (χ4n) is 2.92. The van der Waals surface area contributed by atoms with Crippen molar-refractivity contribution in [1.29, 1.82) is 0 Å². The van der Waals surface area contributed by atoms with Gasteiger partial charge in [-0.3, -0.25) is 0 Å². The standard InChI is InChI=1S/C19H26N4OS/c1-15-2-4-16(5-3-15)10-17(13-24)12-20-18-11-19(22-14-21-18)23-6-8-25-9-7-23/h2-5,11,14,17,24H,6-10,12-13H2,1H3,(H,20,21,22). The predicted octanol–water partition coefficient (Wildman–Crippen LogP) is 2.60. The molecule has 0 amide bonds. The van der Waals surface area contributed by atoms with E-state index in [4.69, 9.17) is 0 Å². The summed E-state index contributed by atoms with van der Waals surface area (Å²) in [5.74, 6) is 4.26. The van der Waals surface area contributed by atoms with Crippen LogP contribution in [0.2, 0.25) is 0 Å². The van der Waals surface area contributed by atoms with Gasteiger partial charge in [-0.25, -0.2) is 9.97 Å². The molecule has 0 radical (unpaired) electrons. The third kappa shape index (κ3) is 5.34. The molecule has 1 saturated heterocycles. The molecule has 6 heteroatoms. The Kier molecular flexibility index (Phi) is 6.53. The van der Waals surface area contributed by atoms with Crippen LogP contribution in [0.3, 0.4) is 0 Å². The molecule has 0 bridgehead atoms. The van der Waals surface area contributed by atoms with Crippen molar-refractivity contribution < 1.29 is 5.11 Å². The van der Waals surface area contributed by atoms with E-state index in [-0.39, 0.29) is 12.5 Å². The number of aliphatic hydroxyl groups is 1. The van der Waals surface area contributed by atoms with E-state index in [9.17, 15) is 5.11 Å². The van der Waals surface area contributed by atoms with Crippen molar-refractivity contribution in [3.63, 3.8) is 0 Å². The van der Waals surface area contributed by atoms with Gasteiger partial charge < -0.3 is 15.3 Å². The lowest BCUT2D eigenvalue weighted by atomic mass is 9.99. The highest BCUT2D eigenvalue weighted by Gasteiger charge is 2.14. The van der Waals surface area contributed by atoms with Crippen LogP contribution in [0.1, 0.15) is 11.1 Å². The summed E-state index contributed by atoms with van der Waals surface area (Å²) in [5, 5.41) is 13.1. The zero-order chi connectivity index (χ0) is 17.5. The maximum Gasteiger partial charge on any atom is 0.134 e. The third-order valence-corrected chi connectivity index (χ3v) is 5.41. The first-order valence-electron chi connectivity index (χ1n) is 8.79. The van der Waals surface area contributed by atoms with Gasteiger partial charge in [0, 0.05) is 49.7 Å². The van der Waals surface area contributed by atoms with Gasteiger partial charge >= 0.3 is 0 Å². The van der Waals surface area contributed by atoms with E-state index >= 15 is 0 Å². The minimum atomic E-state index is 0.155. The van der Waals surface area contributed by atoms with E-state index < -0.39 is 0 Å². The molecule has 0 spiro atoms. The molecule has 1 fully saturated rings. The van der Waals surface area contributed by atoms with Crippen molar-refractivity contribution in [2.45, 2.75) is 13.3 Å². The lowest BCUT2D eigenvalue weighted by Gasteiger charge is -2.27. The minimum Gasteiger partial charge on any atom is -0.396 e. The molecular formula is C19H26N4OS. The summed E-state index contributed by atoms with van der Waals surface area (Å²) in [5.41, 5.74) is 2.51. The number of hydrogen-bond donors (Lipinski definition) is 2. The Balaban J connectivity index is 1.56. The number of aromatic nitrogens is 2. The lowest BCUT2D eigenvalue weighted by molar-refractivity contribution is 0.232. The van der Waals surface area contributed by atoms with Gasteiger partial charge in [-0.2, -0.15) is 11.8 Å². The number of nitrogens with one attached hydrogen (secondary N) is 1. The van der Waals surface area contributed by atoms with E-state index in [0.29, 0.717) is 6.54 Å². The maximum atomic E-state index is 9.70. The quantitative estimate of drug-likeness (QED) is 0.793. The van der Waals surface area contributed by atoms with Crippen molar-refractivity contribution in [2.75, 3.05) is 48.0 Å². The summed E-state index contributed by atoms with van der Waals surface area (Å²) in [6.45, 7) is 5.00. The van der Waals surface area contributed by atoms with Crippen LogP contribution >= 0.6 is 11.8 Å². The number of hydrogen-bond acceptors (Lipinski definition) is 6. The predicted molar refractivity (Wildman–Crippen MR) is 106 cm³/mol. The number of aliphatic hydroxyl groups excluding tert-OH is 1. The number of nitrogens with zero attached hydrogens (tertiary/aromatic N) is 3. The highest BCUT2D eigenvalue weighted by Crippen LogP contribution is 2.19. The molecule has 1 aliphatic rings. The largest absolute Gasteiger partial charge is 0.396 e. The Morgan fingerprint density at radius 3 is 2.68 bits per heavy atom. The molecule has 25 heavy (non-hydrogen) atoms. The van der Waals surface area contributed by atoms with Crippen molar-refractivity contribution in [1.82, 2.24) is 9.97 Å². The normalized spacial score (nSPS) is 15.8. The highest BCUT2D eigenvalue weighted by atomic mass is 32.2. The average Bonchev–Trinajstić information content (AvgIpc) is 2.67. The zero-order valence-electron chi connectivity index (χ0n) is 14.7. The van der Waals surface area contributed by atoms with Gasteiger partial charge in [0.2, 0.25) is 0 Å². The summed E-state index contributed by atoms with van der Waals surface area (Å²) in [7, 11) is 0. The smallest absolute Gasteiger partial charge is 0.134 e.